The van der Waals surface area contributed by atoms with Gasteiger partial charge in [-0.25, -0.2) is 0 Å². The lowest BCUT2D eigenvalue weighted by molar-refractivity contribution is -0.386. The third-order valence-electron chi connectivity index (χ3n) is 3.08. The number of nitro groups is 1. The van der Waals surface area contributed by atoms with Gasteiger partial charge in [-0.1, -0.05) is 11.2 Å². The molecule has 0 aliphatic rings. The highest BCUT2D eigenvalue weighted by molar-refractivity contribution is 5.72. The van der Waals surface area contributed by atoms with E-state index in [1.165, 1.54) is 6.92 Å². The van der Waals surface area contributed by atoms with E-state index in [0.29, 0.717) is 12.1 Å². The summed E-state index contributed by atoms with van der Waals surface area (Å²) in [5, 5.41) is 14.2. The van der Waals surface area contributed by atoms with Crippen LogP contribution in [-0.2, 0) is 12.4 Å². The van der Waals surface area contributed by atoms with Crippen molar-refractivity contribution in [2.24, 2.45) is 0 Å². The molecule has 1 aromatic carbocycles. The molecule has 1 heterocycles. The van der Waals surface area contributed by atoms with Crippen molar-refractivity contribution in [3.63, 3.8) is 0 Å². The fourth-order valence-corrected chi connectivity index (χ4v) is 1.96. The summed E-state index contributed by atoms with van der Waals surface area (Å²) in [5.74, 6) is -0.395. The number of alkyl halides is 6. The number of halogens is 6. The van der Waals surface area contributed by atoms with Crippen LogP contribution in [0.3, 0.4) is 0 Å². The second kappa shape index (κ2) is 6.22. The van der Waals surface area contributed by atoms with Crippen molar-refractivity contribution in [2.75, 3.05) is 0 Å². The quantitative estimate of drug-likeness (QED) is 0.431. The van der Waals surface area contributed by atoms with E-state index in [1.807, 2.05) is 0 Å². The molecule has 2 rings (SSSR count). The van der Waals surface area contributed by atoms with E-state index >= 15 is 0 Å². The van der Waals surface area contributed by atoms with Gasteiger partial charge >= 0.3 is 18.0 Å². The first kappa shape index (κ1) is 18.5. The zero-order chi connectivity index (χ0) is 19.0. The molecule has 0 saturated carbocycles. The second-order valence-electron chi connectivity index (χ2n) is 4.91. The summed E-state index contributed by atoms with van der Waals surface area (Å²) in [6, 6.07) is 0.958. The lowest BCUT2D eigenvalue weighted by Crippen LogP contribution is -2.11. The number of rotatable bonds is 3. The van der Waals surface area contributed by atoms with E-state index in [9.17, 15) is 36.5 Å². The molecule has 11 heteroatoms. The molecular weight excluding hydrogens is 358 g/mol. The predicted molar refractivity (Wildman–Crippen MR) is 73.3 cm³/mol. The van der Waals surface area contributed by atoms with E-state index in [4.69, 9.17) is 0 Å². The van der Waals surface area contributed by atoms with Crippen LogP contribution in [0.5, 0.6) is 0 Å². The maximum atomic E-state index is 12.8. The molecule has 5 nitrogen and oxygen atoms in total. The first-order valence-electron chi connectivity index (χ1n) is 6.48. The molecule has 0 atom stereocenters. The molecule has 0 saturated heterocycles. The standard InChI is InChI=1S/C14H8F6N2O3/c1-7-12(22(23)24)11(25-21-7)3-2-8-4-9(13(15,16)17)6-10(5-8)14(18,19)20/h2-6H,1H3. The van der Waals surface area contributed by atoms with Crippen LogP contribution in [0.15, 0.2) is 22.7 Å². The van der Waals surface area contributed by atoms with Gasteiger partial charge in [0.25, 0.3) is 0 Å². The van der Waals surface area contributed by atoms with Crippen molar-refractivity contribution in [2.45, 2.75) is 19.3 Å². The molecule has 134 valence electrons. The fraction of sp³-hybridized carbons (Fsp3) is 0.214. The molecule has 0 unspecified atom stereocenters. The Morgan fingerprint density at radius 1 is 1.04 bits per heavy atom. The van der Waals surface area contributed by atoms with E-state index in [-0.39, 0.29) is 11.8 Å². The molecule has 0 fully saturated rings. The fourth-order valence-electron chi connectivity index (χ4n) is 1.96. The second-order valence-corrected chi connectivity index (χ2v) is 4.91. The van der Waals surface area contributed by atoms with Crippen LogP contribution in [0.2, 0.25) is 0 Å². The van der Waals surface area contributed by atoms with Gasteiger partial charge in [-0.05, 0) is 36.8 Å². The maximum Gasteiger partial charge on any atom is 0.416 e. The monoisotopic (exact) mass is 366 g/mol. The SMILES string of the molecule is Cc1noc(C=Cc2cc(C(F)(F)F)cc(C(F)(F)F)c2)c1[N+](=O)[O-]. The first-order chi connectivity index (χ1) is 11.4. The number of nitrogens with zero attached hydrogens (tertiary/aromatic N) is 2. The summed E-state index contributed by atoms with van der Waals surface area (Å²) < 4.78 is 81.2. The first-order valence-corrected chi connectivity index (χ1v) is 6.48. The van der Waals surface area contributed by atoms with Gasteiger partial charge < -0.3 is 4.52 Å². The average Bonchev–Trinajstić information content (AvgIpc) is 2.84. The molecule has 0 N–H and O–H groups in total. The molecule has 0 radical (unpaired) electrons. The molecule has 0 amide bonds. The van der Waals surface area contributed by atoms with Gasteiger partial charge in [-0.3, -0.25) is 10.1 Å². The van der Waals surface area contributed by atoms with E-state index < -0.39 is 45.4 Å². The van der Waals surface area contributed by atoms with Crippen molar-refractivity contribution >= 4 is 17.8 Å². The molecule has 0 aliphatic heterocycles. The highest BCUT2D eigenvalue weighted by Gasteiger charge is 2.36. The summed E-state index contributed by atoms with van der Waals surface area (Å²) in [6.07, 6.45) is -8.25. The van der Waals surface area contributed by atoms with Gasteiger partial charge in [0.05, 0.1) is 16.1 Å². The summed E-state index contributed by atoms with van der Waals surface area (Å²) in [6.45, 7) is 1.27. The molecule has 0 spiro atoms. The Morgan fingerprint density at radius 3 is 2.00 bits per heavy atom. The Labute approximate surface area is 135 Å². The van der Waals surface area contributed by atoms with E-state index in [0.717, 1.165) is 12.2 Å². The van der Waals surface area contributed by atoms with Crippen LogP contribution < -0.4 is 0 Å². The Hall–Kier alpha value is -2.85. The van der Waals surface area contributed by atoms with Gasteiger partial charge in [0.1, 0.15) is 0 Å². The summed E-state index contributed by atoms with van der Waals surface area (Å²) >= 11 is 0. The molecule has 0 bridgehead atoms. The zero-order valence-corrected chi connectivity index (χ0v) is 12.3. The number of aromatic nitrogens is 1. The summed E-state index contributed by atoms with van der Waals surface area (Å²) in [5.41, 5.74) is -4.05. The van der Waals surface area contributed by atoms with Crippen LogP contribution in [0.4, 0.5) is 32.0 Å². The zero-order valence-electron chi connectivity index (χ0n) is 12.3. The minimum absolute atomic E-state index is 0.0155. The topological polar surface area (TPSA) is 69.2 Å². The molecule has 25 heavy (non-hydrogen) atoms. The Balaban J connectivity index is 2.51. The van der Waals surface area contributed by atoms with Crippen molar-refractivity contribution in [3.8, 4) is 0 Å². The van der Waals surface area contributed by atoms with Crippen molar-refractivity contribution in [1.82, 2.24) is 5.16 Å². The maximum absolute atomic E-state index is 12.8. The van der Waals surface area contributed by atoms with Crippen molar-refractivity contribution in [1.29, 1.82) is 0 Å². The van der Waals surface area contributed by atoms with E-state index in [2.05, 4.69) is 9.68 Å². The van der Waals surface area contributed by atoms with Crippen LogP contribution in [0, 0.1) is 17.0 Å². The predicted octanol–water partition coefficient (Wildman–Crippen LogP) is 5.10. The highest BCUT2D eigenvalue weighted by atomic mass is 19.4. The Kier molecular flexibility index (Phi) is 4.60. The summed E-state index contributed by atoms with van der Waals surface area (Å²) in [7, 11) is 0. The van der Waals surface area contributed by atoms with Gasteiger partial charge in [0.2, 0.25) is 5.76 Å². The molecule has 0 aliphatic carbocycles. The van der Waals surface area contributed by atoms with Gasteiger partial charge in [-0.15, -0.1) is 0 Å². The smallest absolute Gasteiger partial charge is 0.349 e. The normalized spacial score (nSPS) is 12.8. The van der Waals surface area contributed by atoms with Crippen LogP contribution in [-0.4, -0.2) is 10.1 Å². The number of benzene rings is 1. The van der Waals surface area contributed by atoms with Crippen LogP contribution >= 0.6 is 0 Å². The Bertz CT molecular complexity index is 804. The lowest BCUT2D eigenvalue weighted by atomic mass is 10.0. The lowest BCUT2D eigenvalue weighted by Gasteiger charge is -2.12. The van der Waals surface area contributed by atoms with E-state index in [1.54, 1.807) is 0 Å². The third kappa shape index (κ3) is 4.17. The number of hydrogen-bond acceptors (Lipinski definition) is 4. The molecule has 2 aromatic rings. The van der Waals surface area contributed by atoms with Gasteiger partial charge in [0, 0.05) is 0 Å². The van der Waals surface area contributed by atoms with Crippen LogP contribution in [0.25, 0.3) is 12.2 Å². The minimum atomic E-state index is -4.99. The highest BCUT2D eigenvalue weighted by Crippen LogP contribution is 2.36. The van der Waals surface area contributed by atoms with Crippen molar-refractivity contribution < 1.29 is 35.8 Å². The van der Waals surface area contributed by atoms with Crippen molar-refractivity contribution in [3.05, 3.63) is 56.5 Å². The number of aryl methyl sites for hydroxylation is 1. The van der Waals surface area contributed by atoms with Gasteiger partial charge in [-0.2, -0.15) is 26.3 Å². The summed E-state index contributed by atoms with van der Waals surface area (Å²) in [4.78, 5) is 10.0. The minimum Gasteiger partial charge on any atom is -0.349 e. The number of hydrogen-bond donors (Lipinski definition) is 0. The average molecular weight is 366 g/mol. The Morgan fingerprint density at radius 2 is 1.56 bits per heavy atom. The molecule has 1 aromatic heterocycles. The van der Waals surface area contributed by atoms with Crippen LogP contribution in [0.1, 0.15) is 28.1 Å². The molecular formula is C14H8F6N2O3. The largest absolute Gasteiger partial charge is 0.416 e. The van der Waals surface area contributed by atoms with Gasteiger partial charge in [0.15, 0.2) is 5.69 Å². The third-order valence-corrected chi connectivity index (χ3v) is 3.08.